The first-order valence-electron chi connectivity index (χ1n) is 6.52. The molecule has 1 aliphatic rings. The van der Waals surface area contributed by atoms with Crippen molar-refractivity contribution >= 4 is 5.78 Å². The second kappa shape index (κ2) is 4.37. The van der Waals surface area contributed by atoms with Crippen LogP contribution >= 0.6 is 0 Å². The molecule has 1 unspecified atom stereocenters. The lowest BCUT2D eigenvalue weighted by molar-refractivity contribution is -0.121. The van der Waals surface area contributed by atoms with E-state index in [0.717, 1.165) is 18.2 Å². The van der Waals surface area contributed by atoms with Gasteiger partial charge in [0.05, 0.1) is 6.07 Å². The minimum atomic E-state index is -1.12. The van der Waals surface area contributed by atoms with Gasteiger partial charge in [-0.1, -0.05) is 27.7 Å². The highest BCUT2D eigenvalue weighted by Gasteiger charge is 2.68. The molecule has 1 aromatic rings. The van der Waals surface area contributed by atoms with E-state index >= 15 is 0 Å². The molecule has 0 aromatic heterocycles. The van der Waals surface area contributed by atoms with E-state index in [1.165, 1.54) is 0 Å². The first-order chi connectivity index (χ1) is 9.12. The Labute approximate surface area is 117 Å². The Morgan fingerprint density at radius 3 is 1.95 bits per heavy atom. The summed E-state index contributed by atoms with van der Waals surface area (Å²) in [4.78, 5) is 12.5. The molecule has 0 N–H and O–H groups in total. The summed E-state index contributed by atoms with van der Waals surface area (Å²) in [6, 6.07) is 4.72. The van der Waals surface area contributed by atoms with E-state index in [1.807, 2.05) is 33.8 Å². The molecule has 0 amide bonds. The molecule has 0 heterocycles. The minimum absolute atomic E-state index is 0.0912. The molecule has 1 fully saturated rings. The van der Waals surface area contributed by atoms with Gasteiger partial charge in [-0.05, 0) is 28.5 Å². The molecular formula is C16H17F2NO. The highest BCUT2D eigenvalue weighted by molar-refractivity contribution is 5.94. The summed E-state index contributed by atoms with van der Waals surface area (Å²) in [6.45, 7) is 7.87. The van der Waals surface area contributed by atoms with Crippen molar-refractivity contribution in [2.75, 3.05) is 0 Å². The number of ketones is 1. The van der Waals surface area contributed by atoms with Gasteiger partial charge in [-0.25, -0.2) is 8.78 Å². The second-order valence-corrected chi connectivity index (χ2v) is 6.54. The normalized spacial score (nSPS) is 21.1. The number of nitrogens with zero attached hydrogens (tertiary/aromatic N) is 1. The average molecular weight is 277 g/mol. The molecule has 106 valence electrons. The van der Waals surface area contributed by atoms with Crippen LogP contribution in [0.4, 0.5) is 8.78 Å². The third kappa shape index (κ3) is 2.02. The molecule has 0 spiro atoms. The summed E-state index contributed by atoms with van der Waals surface area (Å²) in [6.07, 6.45) is 0. The summed E-state index contributed by atoms with van der Waals surface area (Å²) in [5, 5.41) is 9.23. The molecule has 0 radical (unpaired) electrons. The van der Waals surface area contributed by atoms with Gasteiger partial charge in [0.2, 0.25) is 0 Å². The number of carbonyl (C=O) groups is 1. The van der Waals surface area contributed by atoms with Crippen molar-refractivity contribution in [2.24, 2.45) is 16.7 Å². The largest absolute Gasteiger partial charge is 0.297 e. The smallest absolute Gasteiger partial charge is 0.158 e. The Morgan fingerprint density at radius 1 is 1.15 bits per heavy atom. The lowest BCUT2D eigenvalue weighted by Crippen LogP contribution is -2.17. The van der Waals surface area contributed by atoms with Crippen LogP contribution in [0.15, 0.2) is 18.2 Å². The highest BCUT2D eigenvalue weighted by atomic mass is 19.1. The summed E-state index contributed by atoms with van der Waals surface area (Å²) >= 11 is 0. The van der Waals surface area contributed by atoms with E-state index in [2.05, 4.69) is 0 Å². The van der Waals surface area contributed by atoms with Crippen LogP contribution in [0.3, 0.4) is 0 Å². The van der Waals surface area contributed by atoms with Crippen LogP contribution in [-0.4, -0.2) is 5.78 Å². The maximum atomic E-state index is 13.2. The van der Waals surface area contributed by atoms with Gasteiger partial charge < -0.3 is 0 Å². The van der Waals surface area contributed by atoms with Crippen LogP contribution in [0.25, 0.3) is 0 Å². The topological polar surface area (TPSA) is 40.9 Å². The summed E-state index contributed by atoms with van der Waals surface area (Å²) in [5.41, 5.74) is -0.315. The quantitative estimate of drug-likeness (QED) is 0.842. The van der Waals surface area contributed by atoms with Gasteiger partial charge in [-0.2, -0.15) is 5.26 Å². The molecule has 4 heteroatoms. The first kappa shape index (κ1) is 14.6. The Hall–Kier alpha value is -1.76. The number of Topliss-reactive ketones (excluding diaryl/α,β-unsaturated/α-hetero) is 1. The van der Waals surface area contributed by atoms with Crippen LogP contribution in [0, 0.1) is 39.7 Å². The summed E-state index contributed by atoms with van der Waals surface area (Å²) in [7, 11) is 0. The van der Waals surface area contributed by atoms with E-state index in [-0.39, 0.29) is 28.1 Å². The summed E-state index contributed by atoms with van der Waals surface area (Å²) < 4.78 is 26.5. The molecule has 2 rings (SSSR count). The molecule has 0 saturated heterocycles. The maximum absolute atomic E-state index is 13.2. The number of rotatable bonds is 3. The van der Waals surface area contributed by atoms with Gasteiger partial charge in [-0.15, -0.1) is 0 Å². The zero-order chi connectivity index (χ0) is 15.3. The Kier molecular flexibility index (Phi) is 3.20. The van der Waals surface area contributed by atoms with Gasteiger partial charge >= 0.3 is 0 Å². The Morgan fingerprint density at radius 2 is 1.60 bits per heavy atom. The number of carbonyl (C=O) groups excluding carboxylic acids is 1. The zero-order valence-corrected chi connectivity index (χ0v) is 12.0. The lowest BCUT2D eigenvalue weighted by atomic mass is 9.90. The fourth-order valence-electron chi connectivity index (χ4n) is 3.12. The highest BCUT2D eigenvalue weighted by Crippen LogP contribution is 2.69. The predicted octanol–water partition coefficient (Wildman–Crippen LogP) is 3.82. The number of hydrogen-bond acceptors (Lipinski definition) is 2. The fraction of sp³-hybridized carbons (Fsp3) is 0.500. The standard InChI is InChI=1S/C16H17F2NO/c1-15(2)14(16(15,3)4)13(20)12(8-19)9-5-10(17)7-11(18)6-9/h5-7,12,14H,1-4H3. The summed E-state index contributed by atoms with van der Waals surface area (Å²) in [5.74, 6) is -3.20. The van der Waals surface area contributed by atoms with Crippen molar-refractivity contribution in [3.63, 3.8) is 0 Å². The van der Waals surface area contributed by atoms with E-state index in [1.54, 1.807) is 0 Å². The minimum Gasteiger partial charge on any atom is -0.297 e. The number of halogens is 2. The number of benzene rings is 1. The second-order valence-electron chi connectivity index (χ2n) is 6.54. The van der Waals surface area contributed by atoms with Crippen LogP contribution in [0.5, 0.6) is 0 Å². The molecule has 1 saturated carbocycles. The van der Waals surface area contributed by atoms with Crippen molar-refractivity contribution in [1.82, 2.24) is 0 Å². The van der Waals surface area contributed by atoms with Gasteiger partial charge in [0, 0.05) is 12.0 Å². The van der Waals surface area contributed by atoms with Gasteiger partial charge in [0.15, 0.2) is 5.78 Å². The van der Waals surface area contributed by atoms with E-state index in [4.69, 9.17) is 0 Å². The van der Waals surface area contributed by atoms with E-state index in [0.29, 0.717) is 0 Å². The third-order valence-electron chi connectivity index (χ3n) is 4.94. The molecular weight excluding hydrogens is 260 g/mol. The lowest BCUT2D eigenvalue weighted by Gasteiger charge is -2.10. The molecule has 1 atom stereocenters. The fourth-order valence-corrected chi connectivity index (χ4v) is 3.12. The molecule has 20 heavy (non-hydrogen) atoms. The SMILES string of the molecule is CC1(C)C(C(=O)C(C#N)c2cc(F)cc(F)c2)C1(C)C. The Bertz CT molecular complexity index is 579. The monoisotopic (exact) mass is 277 g/mol. The average Bonchev–Trinajstić information content (AvgIpc) is 2.68. The predicted molar refractivity (Wildman–Crippen MR) is 70.8 cm³/mol. The maximum Gasteiger partial charge on any atom is 0.158 e. The van der Waals surface area contributed by atoms with Crippen molar-refractivity contribution < 1.29 is 13.6 Å². The van der Waals surface area contributed by atoms with Crippen molar-refractivity contribution in [1.29, 1.82) is 5.26 Å². The van der Waals surface area contributed by atoms with Gasteiger partial charge in [0.1, 0.15) is 17.6 Å². The van der Waals surface area contributed by atoms with Crippen LogP contribution < -0.4 is 0 Å². The van der Waals surface area contributed by atoms with Crippen LogP contribution in [-0.2, 0) is 4.79 Å². The Balaban J connectivity index is 2.36. The van der Waals surface area contributed by atoms with E-state index < -0.39 is 17.6 Å². The molecule has 1 aliphatic carbocycles. The zero-order valence-electron chi connectivity index (χ0n) is 12.0. The van der Waals surface area contributed by atoms with Gasteiger partial charge in [-0.3, -0.25) is 4.79 Å². The third-order valence-corrected chi connectivity index (χ3v) is 4.94. The molecule has 0 bridgehead atoms. The van der Waals surface area contributed by atoms with Crippen molar-refractivity contribution in [3.05, 3.63) is 35.4 Å². The molecule has 2 nitrogen and oxygen atoms in total. The van der Waals surface area contributed by atoms with Crippen LogP contribution in [0.2, 0.25) is 0 Å². The van der Waals surface area contributed by atoms with Crippen molar-refractivity contribution in [3.8, 4) is 6.07 Å². The van der Waals surface area contributed by atoms with Crippen molar-refractivity contribution in [2.45, 2.75) is 33.6 Å². The van der Waals surface area contributed by atoms with Crippen LogP contribution in [0.1, 0.15) is 39.2 Å². The van der Waals surface area contributed by atoms with Gasteiger partial charge in [0.25, 0.3) is 0 Å². The number of nitriles is 1. The van der Waals surface area contributed by atoms with E-state index in [9.17, 15) is 18.8 Å². The molecule has 1 aromatic carbocycles. The first-order valence-corrected chi connectivity index (χ1v) is 6.52. The number of hydrogen-bond donors (Lipinski definition) is 0. The molecule has 0 aliphatic heterocycles.